The van der Waals surface area contributed by atoms with E-state index in [0.717, 1.165) is 22.3 Å². The van der Waals surface area contributed by atoms with E-state index in [1.165, 1.54) is 0 Å². The summed E-state index contributed by atoms with van der Waals surface area (Å²) in [7, 11) is 0. The first-order valence-corrected chi connectivity index (χ1v) is 10.9. The van der Waals surface area contributed by atoms with Gasteiger partial charge in [0.25, 0.3) is 0 Å². The molecule has 0 amide bonds. The molecule has 3 aliphatic rings. The third kappa shape index (κ3) is 1.74. The maximum atomic E-state index is 14.5. The minimum absolute atomic E-state index is 0.0323. The van der Waals surface area contributed by atoms with Crippen LogP contribution in [0.5, 0.6) is 0 Å². The van der Waals surface area contributed by atoms with Crippen molar-refractivity contribution in [3.05, 3.63) is 144 Å². The molecule has 0 aromatic heterocycles. The smallest absolute Gasteiger partial charge is 0.212 e. The van der Waals surface area contributed by atoms with Gasteiger partial charge in [0.15, 0.2) is 22.4 Å². The van der Waals surface area contributed by atoms with Crippen LogP contribution in [0.15, 0.2) is 121 Å². The zero-order chi connectivity index (χ0) is 21.4. The van der Waals surface area contributed by atoms with Gasteiger partial charge in [-0.25, -0.2) is 0 Å². The zero-order valence-electron chi connectivity index (χ0n) is 17.3. The Hall–Kier alpha value is -3.53. The summed E-state index contributed by atoms with van der Waals surface area (Å²) in [4.78, 5) is 14.5. The average molecular weight is 416 g/mol. The van der Waals surface area contributed by atoms with Gasteiger partial charge in [-0.15, -0.1) is 0 Å². The maximum absolute atomic E-state index is 14.5. The number of Topliss-reactive ketones (excluding diaryl/α,β-unsaturated/α-hetero) is 1. The van der Waals surface area contributed by atoms with Gasteiger partial charge in [-0.1, -0.05) is 121 Å². The van der Waals surface area contributed by atoms with E-state index < -0.39 is 22.4 Å². The number of fused-ring (bicyclic) bond motifs is 3. The lowest BCUT2D eigenvalue weighted by molar-refractivity contribution is -0.130. The third-order valence-corrected chi connectivity index (χ3v) is 7.38. The molecule has 32 heavy (non-hydrogen) atoms. The SMILES string of the molecule is O=C1C2(c3ccccc3)OC2(c2ccccc2)[C@]2(c3ccccc3)O[C@]12c1ccccc1. The monoisotopic (exact) mass is 416 g/mol. The molecule has 7 rings (SSSR count). The zero-order valence-corrected chi connectivity index (χ0v) is 17.3. The Morgan fingerprint density at radius 3 is 1.00 bits per heavy atom. The van der Waals surface area contributed by atoms with Crippen molar-refractivity contribution in [2.45, 2.75) is 22.4 Å². The van der Waals surface area contributed by atoms with E-state index in [1.807, 2.05) is 121 Å². The second-order valence-corrected chi connectivity index (χ2v) is 8.72. The number of hydrogen-bond donors (Lipinski definition) is 0. The summed E-state index contributed by atoms with van der Waals surface area (Å²) in [5, 5.41) is 0. The largest absolute Gasteiger partial charge is 0.340 e. The van der Waals surface area contributed by atoms with Crippen LogP contribution >= 0.6 is 0 Å². The molecule has 0 radical (unpaired) electrons. The van der Waals surface area contributed by atoms with Crippen LogP contribution in [0.2, 0.25) is 0 Å². The van der Waals surface area contributed by atoms with Crippen molar-refractivity contribution in [2.24, 2.45) is 0 Å². The van der Waals surface area contributed by atoms with Crippen molar-refractivity contribution in [3.63, 3.8) is 0 Å². The number of benzene rings is 4. The molecule has 1 aliphatic carbocycles. The molecule has 4 aromatic carbocycles. The highest BCUT2D eigenvalue weighted by Gasteiger charge is 3.05. The molecule has 154 valence electrons. The van der Waals surface area contributed by atoms with Crippen LogP contribution in [0, 0.1) is 0 Å². The summed E-state index contributed by atoms with van der Waals surface area (Å²) in [5.74, 6) is -0.0323. The molecule has 2 aliphatic heterocycles. The minimum atomic E-state index is -1.10. The van der Waals surface area contributed by atoms with Gasteiger partial charge in [0.2, 0.25) is 5.78 Å². The van der Waals surface area contributed by atoms with Gasteiger partial charge in [-0.3, -0.25) is 4.79 Å². The van der Waals surface area contributed by atoms with Crippen LogP contribution in [-0.4, -0.2) is 5.78 Å². The van der Waals surface area contributed by atoms with E-state index in [0.29, 0.717) is 0 Å². The molecule has 3 fully saturated rings. The molecule has 4 atom stereocenters. The van der Waals surface area contributed by atoms with Crippen molar-refractivity contribution < 1.29 is 14.3 Å². The molecule has 4 aromatic rings. The lowest BCUT2D eigenvalue weighted by Gasteiger charge is -2.23. The second-order valence-electron chi connectivity index (χ2n) is 8.72. The van der Waals surface area contributed by atoms with Crippen molar-refractivity contribution in [2.75, 3.05) is 0 Å². The van der Waals surface area contributed by atoms with Crippen LogP contribution in [0.3, 0.4) is 0 Å². The maximum Gasteiger partial charge on any atom is 0.212 e. The van der Waals surface area contributed by atoms with Crippen molar-refractivity contribution in [1.29, 1.82) is 0 Å². The highest BCUT2D eigenvalue weighted by atomic mass is 16.7. The molecule has 1 saturated carbocycles. The first kappa shape index (κ1) is 18.1. The fourth-order valence-electron chi connectivity index (χ4n) is 6.12. The Morgan fingerprint density at radius 2 is 0.688 bits per heavy atom. The van der Waals surface area contributed by atoms with Gasteiger partial charge in [0.1, 0.15) is 0 Å². The normalized spacial score (nSPS) is 33.9. The molecular formula is C29H20O3. The summed E-state index contributed by atoms with van der Waals surface area (Å²) in [6, 6.07) is 39.9. The lowest BCUT2D eigenvalue weighted by atomic mass is 9.74. The molecule has 0 N–H and O–H groups in total. The van der Waals surface area contributed by atoms with Crippen LogP contribution in [-0.2, 0) is 36.7 Å². The summed E-state index contributed by atoms with van der Waals surface area (Å²) >= 11 is 0. The summed E-state index contributed by atoms with van der Waals surface area (Å²) in [6.45, 7) is 0. The van der Waals surface area contributed by atoms with E-state index in [9.17, 15) is 4.79 Å². The topological polar surface area (TPSA) is 42.1 Å². The van der Waals surface area contributed by atoms with Crippen LogP contribution in [0.1, 0.15) is 22.3 Å². The van der Waals surface area contributed by atoms with E-state index >= 15 is 0 Å². The summed E-state index contributed by atoms with van der Waals surface area (Å²) in [6.07, 6.45) is 0. The second kappa shape index (κ2) is 5.83. The minimum Gasteiger partial charge on any atom is -0.340 e. The highest BCUT2D eigenvalue weighted by Crippen LogP contribution is 2.89. The number of carbonyl (C=O) groups is 1. The van der Waals surface area contributed by atoms with E-state index in [-0.39, 0.29) is 5.78 Å². The molecule has 0 spiro atoms. The van der Waals surface area contributed by atoms with Crippen molar-refractivity contribution >= 4 is 5.78 Å². The molecule has 2 unspecified atom stereocenters. The Morgan fingerprint density at radius 1 is 0.406 bits per heavy atom. The highest BCUT2D eigenvalue weighted by molar-refractivity contribution is 6.09. The molecule has 3 heteroatoms. The summed E-state index contributed by atoms with van der Waals surface area (Å²) < 4.78 is 13.4. The number of ketones is 1. The molecule has 0 bridgehead atoms. The fraction of sp³-hybridized carbons (Fsp3) is 0.138. The Labute approximate surface area is 186 Å². The van der Waals surface area contributed by atoms with E-state index in [1.54, 1.807) is 0 Å². The van der Waals surface area contributed by atoms with Gasteiger partial charge < -0.3 is 9.47 Å². The predicted molar refractivity (Wildman–Crippen MR) is 120 cm³/mol. The first-order valence-electron chi connectivity index (χ1n) is 10.9. The van der Waals surface area contributed by atoms with Crippen molar-refractivity contribution in [1.82, 2.24) is 0 Å². The van der Waals surface area contributed by atoms with Gasteiger partial charge in [-0.2, -0.15) is 0 Å². The number of epoxide rings is 2. The van der Waals surface area contributed by atoms with Gasteiger partial charge in [-0.05, 0) is 22.3 Å². The molecular weight excluding hydrogens is 396 g/mol. The van der Waals surface area contributed by atoms with Crippen LogP contribution < -0.4 is 0 Å². The molecule has 2 saturated heterocycles. The standard InChI is InChI=1S/C29H20O3/c30-25-26(21-13-5-1-6-14-21)28(31-26,23-17-9-3-10-18-23)29(24-19-11-4-12-20-24)27(25,32-29)22-15-7-2-8-16-22/h1-20H/t26-,27?,28-,29?/m1/s1. The average Bonchev–Trinajstić information content (AvgIpc) is 3.77. The molecule has 2 heterocycles. The fourth-order valence-corrected chi connectivity index (χ4v) is 6.12. The first-order chi connectivity index (χ1) is 15.7. The Kier molecular flexibility index (Phi) is 3.29. The van der Waals surface area contributed by atoms with Gasteiger partial charge in [0, 0.05) is 0 Å². The van der Waals surface area contributed by atoms with Crippen molar-refractivity contribution in [3.8, 4) is 0 Å². The number of hydrogen-bond acceptors (Lipinski definition) is 3. The van der Waals surface area contributed by atoms with Crippen LogP contribution in [0.25, 0.3) is 0 Å². The number of rotatable bonds is 4. The Balaban J connectivity index is 1.59. The quantitative estimate of drug-likeness (QED) is 0.429. The molecule has 3 nitrogen and oxygen atoms in total. The third-order valence-electron chi connectivity index (χ3n) is 7.38. The number of ether oxygens (including phenoxy) is 2. The predicted octanol–water partition coefficient (Wildman–Crippen LogP) is 5.21. The lowest BCUT2D eigenvalue weighted by Crippen LogP contribution is -2.33. The van der Waals surface area contributed by atoms with Gasteiger partial charge >= 0.3 is 0 Å². The van der Waals surface area contributed by atoms with E-state index in [2.05, 4.69) is 0 Å². The summed E-state index contributed by atoms with van der Waals surface area (Å²) in [5.41, 5.74) is -0.439. The Bertz CT molecular complexity index is 1230. The van der Waals surface area contributed by atoms with E-state index in [4.69, 9.17) is 9.47 Å². The van der Waals surface area contributed by atoms with Gasteiger partial charge in [0.05, 0.1) is 0 Å². The number of carbonyl (C=O) groups excluding carboxylic acids is 1. The van der Waals surface area contributed by atoms with Crippen LogP contribution in [0.4, 0.5) is 0 Å².